The fraction of sp³-hybridized carbons (Fsp3) is 0.444. The summed E-state index contributed by atoms with van der Waals surface area (Å²) in [7, 11) is 1.72. The van der Waals surface area contributed by atoms with E-state index in [9.17, 15) is 9.59 Å². The number of carboxylic acids is 1. The number of hydrogen-bond acceptors (Lipinski definition) is 3. The molecule has 1 aromatic rings. The van der Waals surface area contributed by atoms with E-state index in [0.29, 0.717) is 5.69 Å². The molecule has 0 spiro atoms. The monoisotopic (exact) mass is 196 g/mol. The van der Waals surface area contributed by atoms with Crippen molar-refractivity contribution in [2.45, 2.75) is 19.8 Å². The molecule has 14 heavy (non-hydrogen) atoms. The van der Waals surface area contributed by atoms with Crippen molar-refractivity contribution in [2.75, 3.05) is 0 Å². The lowest BCUT2D eigenvalue weighted by Crippen LogP contribution is -2.06. The summed E-state index contributed by atoms with van der Waals surface area (Å²) in [5.74, 6) is -1.18. The average molecular weight is 196 g/mol. The molecular formula is C9H12N2O3. The highest BCUT2D eigenvalue weighted by atomic mass is 16.4. The van der Waals surface area contributed by atoms with Gasteiger partial charge in [-0.05, 0) is 12.5 Å². The Morgan fingerprint density at radius 2 is 2.14 bits per heavy atom. The van der Waals surface area contributed by atoms with Crippen molar-refractivity contribution < 1.29 is 14.7 Å². The third-order valence-corrected chi connectivity index (χ3v) is 1.84. The third-order valence-electron chi connectivity index (χ3n) is 1.84. The molecule has 0 bridgehead atoms. The second kappa shape index (κ2) is 4.04. The Morgan fingerprint density at radius 3 is 2.57 bits per heavy atom. The fourth-order valence-electron chi connectivity index (χ4n) is 1.22. The number of hydrogen-bond donors (Lipinski definition) is 1. The molecule has 0 saturated heterocycles. The molecule has 5 nitrogen and oxygen atoms in total. The van der Waals surface area contributed by atoms with Crippen molar-refractivity contribution in [1.82, 2.24) is 9.78 Å². The molecule has 0 atom stereocenters. The van der Waals surface area contributed by atoms with Gasteiger partial charge in [-0.2, -0.15) is 5.10 Å². The Balaban J connectivity index is 2.69. The minimum atomic E-state index is -0.966. The summed E-state index contributed by atoms with van der Waals surface area (Å²) in [5, 5.41) is 12.4. The van der Waals surface area contributed by atoms with Gasteiger partial charge in [0.15, 0.2) is 5.78 Å². The molecule has 0 aliphatic rings. The van der Waals surface area contributed by atoms with E-state index in [-0.39, 0.29) is 18.6 Å². The number of nitrogens with zero attached hydrogens (tertiary/aromatic N) is 2. The van der Waals surface area contributed by atoms with Crippen LogP contribution >= 0.6 is 0 Å². The molecule has 0 fully saturated rings. The van der Waals surface area contributed by atoms with Gasteiger partial charge in [-0.15, -0.1) is 0 Å². The maximum atomic E-state index is 11.4. The maximum absolute atomic E-state index is 11.4. The number of aromatic nitrogens is 2. The highest BCUT2D eigenvalue weighted by molar-refractivity contribution is 5.96. The Kier molecular flexibility index (Phi) is 3.01. The van der Waals surface area contributed by atoms with E-state index in [4.69, 9.17) is 5.11 Å². The molecule has 0 radical (unpaired) electrons. The lowest BCUT2D eigenvalue weighted by Gasteiger charge is -1.95. The SMILES string of the molecule is Cc1cn(C)nc1C(=O)CCC(=O)O. The second-order valence-corrected chi connectivity index (χ2v) is 3.15. The van der Waals surface area contributed by atoms with Crippen LogP contribution in [0.25, 0.3) is 0 Å². The number of carbonyl (C=O) groups excluding carboxylic acids is 1. The Morgan fingerprint density at radius 1 is 1.50 bits per heavy atom. The van der Waals surface area contributed by atoms with Crippen molar-refractivity contribution >= 4 is 11.8 Å². The fourth-order valence-corrected chi connectivity index (χ4v) is 1.22. The van der Waals surface area contributed by atoms with E-state index in [1.54, 1.807) is 24.9 Å². The highest BCUT2D eigenvalue weighted by Crippen LogP contribution is 2.08. The number of aliphatic carboxylic acids is 1. The van der Waals surface area contributed by atoms with Gasteiger partial charge in [0.05, 0.1) is 6.42 Å². The zero-order chi connectivity index (χ0) is 10.7. The van der Waals surface area contributed by atoms with E-state index >= 15 is 0 Å². The standard InChI is InChI=1S/C9H12N2O3/c1-6-5-11(2)10-9(6)7(12)3-4-8(13)14/h5H,3-4H2,1-2H3,(H,13,14). The molecule has 0 unspecified atom stereocenters. The van der Waals surface area contributed by atoms with Gasteiger partial charge >= 0.3 is 5.97 Å². The van der Waals surface area contributed by atoms with E-state index in [0.717, 1.165) is 5.56 Å². The van der Waals surface area contributed by atoms with E-state index < -0.39 is 5.97 Å². The normalized spacial score (nSPS) is 10.1. The average Bonchev–Trinajstić information content (AvgIpc) is 2.41. The molecule has 1 heterocycles. The number of ketones is 1. The number of carbonyl (C=O) groups is 2. The van der Waals surface area contributed by atoms with Crippen LogP contribution in [0.3, 0.4) is 0 Å². The molecule has 0 saturated carbocycles. The molecular weight excluding hydrogens is 184 g/mol. The summed E-state index contributed by atoms with van der Waals surface area (Å²) in [6, 6.07) is 0. The van der Waals surface area contributed by atoms with E-state index in [2.05, 4.69) is 5.10 Å². The summed E-state index contributed by atoms with van der Waals surface area (Å²) in [6.07, 6.45) is 1.59. The number of rotatable bonds is 4. The molecule has 1 rings (SSSR count). The topological polar surface area (TPSA) is 72.2 Å². The first kappa shape index (κ1) is 10.4. The summed E-state index contributed by atoms with van der Waals surface area (Å²) in [6.45, 7) is 1.78. The van der Waals surface area contributed by atoms with Crippen molar-refractivity contribution in [1.29, 1.82) is 0 Å². The van der Waals surface area contributed by atoms with Crippen LogP contribution in [0.2, 0.25) is 0 Å². The summed E-state index contributed by atoms with van der Waals surface area (Å²) >= 11 is 0. The van der Waals surface area contributed by atoms with Crippen LogP contribution in [0.1, 0.15) is 28.9 Å². The molecule has 0 aliphatic carbocycles. The van der Waals surface area contributed by atoms with Crippen molar-refractivity contribution in [3.63, 3.8) is 0 Å². The quantitative estimate of drug-likeness (QED) is 0.722. The molecule has 0 amide bonds. The van der Waals surface area contributed by atoms with Crippen LogP contribution in [0, 0.1) is 6.92 Å². The van der Waals surface area contributed by atoms with Gasteiger partial charge in [-0.1, -0.05) is 0 Å². The van der Waals surface area contributed by atoms with Gasteiger partial charge in [0.1, 0.15) is 5.69 Å². The van der Waals surface area contributed by atoms with Crippen LogP contribution in [-0.4, -0.2) is 26.6 Å². The van der Waals surface area contributed by atoms with Gasteiger partial charge in [0, 0.05) is 19.7 Å². The Hall–Kier alpha value is -1.65. The molecule has 0 aliphatic heterocycles. The summed E-state index contributed by atoms with van der Waals surface area (Å²) in [4.78, 5) is 21.7. The van der Waals surface area contributed by atoms with Crippen LogP contribution < -0.4 is 0 Å². The summed E-state index contributed by atoms with van der Waals surface area (Å²) in [5.41, 5.74) is 1.15. The highest BCUT2D eigenvalue weighted by Gasteiger charge is 2.14. The molecule has 5 heteroatoms. The lowest BCUT2D eigenvalue weighted by atomic mass is 10.1. The van der Waals surface area contributed by atoms with Crippen LogP contribution in [0.15, 0.2) is 6.20 Å². The minimum Gasteiger partial charge on any atom is -0.481 e. The van der Waals surface area contributed by atoms with Crippen LogP contribution in [0.4, 0.5) is 0 Å². The van der Waals surface area contributed by atoms with E-state index in [1.165, 1.54) is 0 Å². The predicted octanol–water partition coefficient (Wildman–Crippen LogP) is 0.776. The second-order valence-electron chi connectivity index (χ2n) is 3.15. The van der Waals surface area contributed by atoms with Crippen LogP contribution in [0.5, 0.6) is 0 Å². The molecule has 1 aromatic heterocycles. The first-order valence-corrected chi connectivity index (χ1v) is 4.26. The Labute approximate surface area is 81.3 Å². The Bertz CT molecular complexity index is 368. The number of Topliss-reactive ketones (excluding diaryl/α,β-unsaturated/α-hetero) is 1. The lowest BCUT2D eigenvalue weighted by molar-refractivity contribution is -0.136. The van der Waals surface area contributed by atoms with Crippen molar-refractivity contribution in [2.24, 2.45) is 7.05 Å². The smallest absolute Gasteiger partial charge is 0.303 e. The largest absolute Gasteiger partial charge is 0.481 e. The van der Waals surface area contributed by atoms with Crippen LogP contribution in [-0.2, 0) is 11.8 Å². The van der Waals surface area contributed by atoms with Gasteiger partial charge < -0.3 is 5.11 Å². The maximum Gasteiger partial charge on any atom is 0.303 e. The first-order valence-electron chi connectivity index (χ1n) is 4.26. The zero-order valence-corrected chi connectivity index (χ0v) is 8.15. The number of carboxylic acid groups (broad SMARTS) is 1. The van der Waals surface area contributed by atoms with Crippen molar-refractivity contribution in [3.8, 4) is 0 Å². The zero-order valence-electron chi connectivity index (χ0n) is 8.15. The summed E-state index contributed by atoms with van der Waals surface area (Å²) < 4.78 is 1.54. The van der Waals surface area contributed by atoms with Gasteiger partial charge in [-0.25, -0.2) is 0 Å². The molecule has 0 aromatic carbocycles. The van der Waals surface area contributed by atoms with Gasteiger partial charge in [0.25, 0.3) is 0 Å². The predicted molar refractivity (Wildman–Crippen MR) is 49.1 cm³/mol. The number of aryl methyl sites for hydroxylation is 2. The third kappa shape index (κ3) is 2.42. The molecule has 76 valence electrons. The first-order chi connectivity index (χ1) is 6.50. The van der Waals surface area contributed by atoms with Crippen molar-refractivity contribution in [3.05, 3.63) is 17.5 Å². The molecule has 1 N–H and O–H groups in total. The minimum absolute atomic E-state index is 0.00713. The van der Waals surface area contributed by atoms with Gasteiger partial charge in [-0.3, -0.25) is 14.3 Å². The van der Waals surface area contributed by atoms with E-state index in [1.807, 2.05) is 0 Å². The van der Waals surface area contributed by atoms with Gasteiger partial charge in [0.2, 0.25) is 0 Å².